The van der Waals surface area contributed by atoms with E-state index in [0.29, 0.717) is 5.57 Å². The van der Waals surface area contributed by atoms with Gasteiger partial charge in [-0.1, -0.05) is 17.7 Å². The maximum Gasteiger partial charge on any atom is 0.330 e. The number of aryl methyl sites for hydroxylation is 1. The predicted octanol–water partition coefficient (Wildman–Crippen LogP) is 1.42. The number of sulfonamides is 1. The molecule has 0 aromatic heterocycles. The molecule has 0 aliphatic carbocycles. The summed E-state index contributed by atoms with van der Waals surface area (Å²) in [7, 11) is -2.70. The number of carbonyl (C=O) groups is 2. The summed E-state index contributed by atoms with van der Waals surface area (Å²) in [6.07, 6.45) is 1.33. The van der Waals surface area contributed by atoms with E-state index in [1.165, 1.54) is 25.3 Å². The van der Waals surface area contributed by atoms with Crippen LogP contribution in [0.5, 0.6) is 0 Å². The molecule has 1 aromatic carbocycles. The Morgan fingerprint density at radius 1 is 1.28 bits per heavy atom. The smallest absolute Gasteiger partial charge is 0.330 e. The average Bonchev–Trinajstić information content (AvgIpc) is 2.99. The molecule has 0 bridgehead atoms. The summed E-state index contributed by atoms with van der Waals surface area (Å²) >= 11 is 0. The number of rotatable bonds is 5. The van der Waals surface area contributed by atoms with Crippen LogP contribution in [0, 0.1) is 6.92 Å². The minimum Gasteiger partial charge on any atom is -0.468 e. The number of carbonyl (C=O) groups excluding carboxylic acids is 2. The van der Waals surface area contributed by atoms with E-state index in [2.05, 4.69) is 0 Å². The van der Waals surface area contributed by atoms with Crippen molar-refractivity contribution in [3.8, 4) is 0 Å². The van der Waals surface area contributed by atoms with Gasteiger partial charge < -0.3 is 9.47 Å². The number of ether oxygens (including phenoxy) is 2. The van der Waals surface area contributed by atoms with Crippen LogP contribution in [-0.4, -0.2) is 51.0 Å². The quantitative estimate of drug-likeness (QED) is 0.578. The lowest BCUT2D eigenvalue weighted by atomic mass is 10.1. The van der Waals surface area contributed by atoms with Crippen LogP contribution in [0.3, 0.4) is 0 Å². The van der Waals surface area contributed by atoms with Gasteiger partial charge in [0.25, 0.3) is 0 Å². The monoisotopic (exact) mass is 367 g/mol. The minimum absolute atomic E-state index is 0.0607. The van der Waals surface area contributed by atoms with E-state index in [1.54, 1.807) is 19.1 Å². The van der Waals surface area contributed by atoms with Crippen molar-refractivity contribution in [2.24, 2.45) is 0 Å². The molecular formula is C17H21NO6S. The van der Waals surface area contributed by atoms with Crippen molar-refractivity contribution in [1.82, 2.24) is 4.31 Å². The Kier molecular flexibility index (Phi) is 5.97. The van der Waals surface area contributed by atoms with E-state index in [-0.39, 0.29) is 24.5 Å². The van der Waals surface area contributed by atoms with Gasteiger partial charge in [0.15, 0.2) is 0 Å². The first-order valence-electron chi connectivity index (χ1n) is 7.82. The molecule has 1 saturated heterocycles. The maximum absolute atomic E-state index is 12.9. The van der Waals surface area contributed by atoms with Crippen molar-refractivity contribution in [3.63, 3.8) is 0 Å². The third kappa shape index (κ3) is 4.26. The van der Waals surface area contributed by atoms with Crippen molar-refractivity contribution in [1.29, 1.82) is 0 Å². The fraction of sp³-hybridized carbons (Fsp3) is 0.412. The molecule has 1 fully saturated rings. The molecule has 0 radical (unpaired) electrons. The summed E-state index contributed by atoms with van der Waals surface area (Å²) in [6.45, 7) is 3.68. The number of esters is 2. The van der Waals surface area contributed by atoms with Gasteiger partial charge in [0.2, 0.25) is 10.0 Å². The predicted molar refractivity (Wildman–Crippen MR) is 90.2 cm³/mol. The summed E-state index contributed by atoms with van der Waals surface area (Å²) in [5, 5.41) is 0. The van der Waals surface area contributed by atoms with E-state index in [0.717, 1.165) is 9.87 Å². The van der Waals surface area contributed by atoms with Gasteiger partial charge in [0, 0.05) is 12.6 Å². The van der Waals surface area contributed by atoms with E-state index in [9.17, 15) is 18.0 Å². The summed E-state index contributed by atoms with van der Waals surface area (Å²) in [5.74, 6) is -1.22. The standard InChI is InChI=1S/C17H21NO6S/c1-4-24-16(19)10-13-9-15(17(20)23-3)18(11-13)25(21,22)14-7-5-12(2)6-8-14/h5-8,10,15H,4,9,11H2,1-3H3/b13-10-/t15-/m0/s1. The van der Waals surface area contributed by atoms with Crippen molar-refractivity contribution in [2.75, 3.05) is 20.3 Å². The Bertz CT molecular complexity index is 782. The molecule has 25 heavy (non-hydrogen) atoms. The second-order valence-corrected chi connectivity index (χ2v) is 7.55. The van der Waals surface area contributed by atoms with Gasteiger partial charge in [-0.2, -0.15) is 4.31 Å². The molecule has 1 aliphatic heterocycles. The summed E-state index contributed by atoms with van der Waals surface area (Å²) < 4.78 is 36.5. The van der Waals surface area contributed by atoms with Crippen molar-refractivity contribution in [2.45, 2.75) is 31.2 Å². The van der Waals surface area contributed by atoms with Gasteiger partial charge in [-0.3, -0.25) is 4.79 Å². The van der Waals surface area contributed by atoms with Gasteiger partial charge in [-0.05, 0) is 38.0 Å². The molecule has 0 N–H and O–H groups in total. The Morgan fingerprint density at radius 3 is 2.48 bits per heavy atom. The Labute approximate surface area is 147 Å². The van der Waals surface area contributed by atoms with Crippen LogP contribution in [-0.2, 0) is 29.1 Å². The molecule has 7 nitrogen and oxygen atoms in total. The third-order valence-electron chi connectivity index (χ3n) is 3.87. The van der Waals surface area contributed by atoms with Crippen LogP contribution < -0.4 is 0 Å². The largest absolute Gasteiger partial charge is 0.468 e. The zero-order valence-corrected chi connectivity index (χ0v) is 15.2. The molecule has 0 saturated carbocycles. The van der Waals surface area contributed by atoms with Gasteiger partial charge in [-0.25, -0.2) is 13.2 Å². The highest BCUT2D eigenvalue weighted by atomic mass is 32.2. The van der Waals surface area contributed by atoms with Gasteiger partial charge in [-0.15, -0.1) is 0 Å². The maximum atomic E-state index is 12.9. The summed E-state index contributed by atoms with van der Waals surface area (Å²) in [5.41, 5.74) is 1.43. The van der Waals surface area contributed by atoms with Crippen molar-refractivity contribution in [3.05, 3.63) is 41.5 Å². The zero-order valence-electron chi connectivity index (χ0n) is 14.4. The highest BCUT2D eigenvalue weighted by Crippen LogP contribution is 2.30. The van der Waals surface area contributed by atoms with Crippen LogP contribution in [0.1, 0.15) is 18.9 Å². The van der Waals surface area contributed by atoms with E-state index >= 15 is 0 Å². The SMILES string of the molecule is CCOC(=O)/C=C1/C[C@@H](C(=O)OC)N(S(=O)(=O)c2ccc(C)cc2)C1. The fourth-order valence-electron chi connectivity index (χ4n) is 2.62. The summed E-state index contributed by atoms with van der Waals surface area (Å²) in [4.78, 5) is 23.8. The van der Waals surface area contributed by atoms with Crippen molar-refractivity contribution < 1.29 is 27.5 Å². The van der Waals surface area contributed by atoms with E-state index in [1.807, 2.05) is 6.92 Å². The first-order chi connectivity index (χ1) is 11.8. The average molecular weight is 367 g/mol. The molecule has 1 aliphatic rings. The lowest BCUT2D eigenvalue weighted by molar-refractivity contribution is -0.144. The topological polar surface area (TPSA) is 90.0 Å². The molecular weight excluding hydrogens is 346 g/mol. The summed E-state index contributed by atoms with van der Waals surface area (Å²) in [6, 6.07) is 5.35. The van der Waals surface area contributed by atoms with Gasteiger partial charge in [0.05, 0.1) is 18.6 Å². The van der Waals surface area contributed by atoms with E-state index in [4.69, 9.17) is 9.47 Å². The molecule has 0 unspecified atom stereocenters. The lowest BCUT2D eigenvalue weighted by Gasteiger charge is -2.21. The van der Waals surface area contributed by atoms with Crippen LogP contribution in [0.25, 0.3) is 0 Å². The third-order valence-corrected chi connectivity index (χ3v) is 5.74. The number of hydrogen-bond acceptors (Lipinski definition) is 6. The highest BCUT2D eigenvalue weighted by Gasteiger charge is 2.42. The number of methoxy groups -OCH3 is 1. The Morgan fingerprint density at radius 2 is 1.92 bits per heavy atom. The number of benzene rings is 1. The van der Waals surface area contributed by atoms with Crippen molar-refractivity contribution >= 4 is 22.0 Å². The van der Waals surface area contributed by atoms with E-state index < -0.39 is 28.0 Å². The Hall–Kier alpha value is -2.19. The minimum atomic E-state index is -3.90. The first-order valence-corrected chi connectivity index (χ1v) is 9.26. The van der Waals surface area contributed by atoms with Gasteiger partial charge in [0.1, 0.15) is 6.04 Å². The molecule has 8 heteroatoms. The number of hydrogen-bond donors (Lipinski definition) is 0. The molecule has 1 aromatic rings. The van der Waals surface area contributed by atoms with Crippen LogP contribution in [0.4, 0.5) is 0 Å². The second kappa shape index (κ2) is 7.79. The first kappa shape index (κ1) is 19.1. The van der Waals surface area contributed by atoms with Crippen LogP contribution in [0.15, 0.2) is 40.8 Å². The zero-order chi connectivity index (χ0) is 18.6. The molecule has 1 heterocycles. The molecule has 0 spiro atoms. The molecule has 1 atom stereocenters. The molecule has 136 valence electrons. The molecule has 2 rings (SSSR count). The van der Waals surface area contributed by atoms with Gasteiger partial charge >= 0.3 is 11.9 Å². The number of nitrogens with zero attached hydrogens (tertiary/aromatic N) is 1. The molecule has 0 amide bonds. The fourth-order valence-corrected chi connectivity index (χ4v) is 4.20. The lowest BCUT2D eigenvalue weighted by Crippen LogP contribution is -2.41. The Balaban J connectivity index is 2.36. The second-order valence-electron chi connectivity index (χ2n) is 5.66. The van der Waals surface area contributed by atoms with Crippen LogP contribution in [0.2, 0.25) is 0 Å². The normalized spacial score (nSPS) is 19.8. The van der Waals surface area contributed by atoms with Crippen LogP contribution >= 0.6 is 0 Å². The highest BCUT2D eigenvalue weighted by molar-refractivity contribution is 7.89.